The van der Waals surface area contributed by atoms with E-state index >= 15 is 0 Å². The second kappa shape index (κ2) is 9.34. The molecule has 0 radical (unpaired) electrons. The Labute approximate surface area is 181 Å². The van der Waals surface area contributed by atoms with Crippen molar-refractivity contribution in [3.05, 3.63) is 83.9 Å². The first-order chi connectivity index (χ1) is 15.1. The number of anilines is 2. The van der Waals surface area contributed by atoms with Gasteiger partial charge in [-0.2, -0.15) is 0 Å². The van der Waals surface area contributed by atoms with Crippen LogP contribution in [0.3, 0.4) is 0 Å². The Hall–Kier alpha value is -3.80. The van der Waals surface area contributed by atoms with Gasteiger partial charge in [0.1, 0.15) is 18.1 Å². The van der Waals surface area contributed by atoms with Crippen LogP contribution in [-0.2, 0) is 22.6 Å². The number of fused-ring (bicyclic) bond motifs is 1. The first-order valence-electron chi connectivity index (χ1n) is 10.2. The quantitative estimate of drug-likeness (QED) is 0.627. The van der Waals surface area contributed by atoms with Gasteiger partial charge in [-0.05, 0) is 60.0 Å². The van der Waals surface area contributed by atoms with Crippen LogP contribution < -0.4 is 19.7 Å². The first-order valence-corrected chi connectivity index (χ1v) is 10.2. The molecule has 31 heavy (non-hydrogen) atoms. The smallest absolute Gasteiger partial charge is 0.262 e. The Morgan fingerprint density at radius 2 is 1.65 bits per heavy atom. The second-order valence-electron chi connectivity index (χ2n) is 7.35. The average molecular weight is 416 g/mol. The van der Waals surface area contributed by atoms with Crippen molar-refractivity contribution >= 4 is 23.2 Å². The van der Waals surface area contributed by atoms with Gasteiger partial charge in [-0.15, -0.1) is 0 Å². The number of benzene rings is 3. The fraction of sp³-hybridized carbons (Fsp3) is 0.200. The van der Waals surface area contributed by atoms with Gasteiger partial charge in [0.15, 0.2) is 6.61 Å². The molecular formula is C25H24N2O4. The zero-order chi connectivity index (χ0) is 21.6. The third-order valence-corrected chi connectivity index (χ3v) is 5.08. The van der Waals surface area contributed by atoms with Gasteiger partial charge in [-0.3, -0.25) is 9.59 Å². The molecule has 1 aliphatic heterocycles. The van der Waals surface area contributed by atoms with E-state index in [-0.39, 0.29) is 18.4 Å². The molecule has 4 rings (SSSR count). The van der Waals surface area contributed by atoms with E-state index in [2.05, 4.69) is 5.32 Å². The average Bonchev–Trinajstić information content (AvgIpc) is 3.21. The first kappa shape index (κ1) is 20.5. The fourth-order valence-electron chi connectivity index (χ4n) is 3.53. The fourth-order valence-corrected chi connectivity index (χ4v) is 3.53. The van der Waals surface area contributed by atoms with Gasteiger partial charge in [0.25, 0.3) is 5.91 Å². The van der Waals surface area contributed by atoms with Crippen molar-refractivity contribution in [3.8, 4) is 11.5 Å². The van der Waals surface area contributed by atoms with E-state index in [4.69, 9.17) is 9.47 Å². The van der Waals surface area contributed by atoms with Crippen molar-refractivity contribution in [3.63, 3.8) is 0 Å². The van der Waals surface area contributed by atoms with Crippen LogP contribution in [0.2, 0.25) is 0 Å². The van der Waals surface area contributed by atoms with E-state index in [1.807, 2.05) is 54.6 Å². The molecule has 3 aromatic rings. The summed E-state index contributed by atoms with van der Waals surface area (Å²) in [5, 5.41) is 2.84. The van der Waals surface area contributed by atoms with Gasteiger partial charge in [0.05, 0.1) is 0 Å². The number of nitrogens with one attached hydrogen (secondary N) is 1. The highest BCUT2D eigenvalue weighted by molar-refractivity contribution is 5.95. The lowest BCUT2D eigenvalue weighted by Crippen LogP contribution is -2.25. The molecule has 0 bridgehead atoms. The standard InChI is InChI=1S/C25H24N2O4/c1-18(28)27-14-13-20-15-21(7-12-24(20)27)26-25(29)17-31-23-10-8-22(9-11-23)30-16-19-5-3-2-4-6-19/h2-12,15H,13-14,16-17H2,1H3,(H,26,29). The SMILES string of the molecule is CC(=O)N1CCc2cc(NC(=O)COc3ccc(OCc4ccccc4)cc3)ccc21. The number of carbonyl (C=O) groups excluding carboxylic acids is 2. The topological polar surface area (TPSA) is 67.9 Å². The zero-order valence-electron chi connectivity index (χ0n) is 17.3. The minimum atomic E-state index is -0.245. The monoisotopic (exact) mass is 416 g/mol. The third kappa shape index (κ3) is 5.22. The second-order valence-corrected chi connectivity index (χ2v) is 7.35. The van der Waals surface area contributed by atoms with Gasteiger partial charge in [-0.25, -0.2) is 0 Å². The van der Waals surface area contributed by atoms with Crippen molar-refractivity contribution in [1.82, 2.24) is 0 Å². The summed E-state index contributed by atoms with van der Waals surface area (Å²) in [6.45, 7) is 2.63. The van der Waals surface area contributed by atoms with Crippen LogP contribution in [0.15, 0.2) is 72.8 Å². The normalized spacial score (nSPS) is 12.2. The maximum atomic E-state index is 12.3. The lowest BCUT2D eigenvalue weighted by atomic mass is 10.1. The summed E-state index contributed by atoms with van der Waals surface area (Å²) in [5.74, 6) is 1.11. The molecule has 0 saturated heterocycles. The number of hydrogen-bond acceptors (Lipinski definition) is 4. The van der Waals surface area contributed by atoms with E-state index in [0.717, 1.165) is 29.0 Å². The Bertz CT molecular complexity index is 1060. The Balaban J connectivity index is 1.26. The Kier molecular flexibility index (Phi) is 6.17. The summed E-state index contributed by atoms with van der Waals surface area (Å²) >= 11 is 0. The van der Waals surface area contributed by atoms with Crippen molar-refractivity contribution in [2.75, 3.05) is 23.4 Å². The van der Waals surface area contributed by atoms with Crippen molar-refractivity contribution in [1.29, 1.82) is 0 Å². The lowest BCUT2D eigenvalue weighted by Gasteiger charge is -2.15. The van der Waals surface area contributed by atoms with Crippen LogP contribution in [0.1, 0.15) is 18.1 Å². The van der Waals surface area contributed by atoms with E-state index < -0.39 is 0 Å². The van der Waals surface area contributed by atoms with Gasteiger partial charge < -0.3 is 19.7 Å². The molecule has 0 aliphatic carbocycles. The van der Waals surface area contributed by atoms with Crippen molar-refractivity contribution in [2.45, 2.75) is 20.0 Å². The van der Waals surface area contributed by atoms with Crippen LogP contribution in [0.25, 0.3) is 0 Å². The van der Waals surface area contributed by atoms with Crippen molar-refractivity contribution in [2.24, 2.45) is 0 Å². The highest BCUT2D eigenvalue weighted by atomic mass is 16.5. The van der Waals surface area contributed by atoms with Gasteiger partial charge in [0.2, 0.25) is 5.91 Å². The molecule has 0 aromatic heterocycles. The molecule has 6 nitrogen and oxygen atoms in total. The number of nitrogens with zero attached hydrogens (tertiary/aromatic N) is 1. The molecular weight excluding hydrogens is 392 g/mol. The zero-order valence-corrected chi connectivity index (χ0v) is 17.3. The maximum Gasteiger partial charge on any atom is 0.262 e. The highest BCUT2D eigenvalue weighted by Crippen LogP contribution is 2.30. The van der Waals surface area contributed by atoms with Crippen molar-refractivity contribution < 1.29 is 19.1 Å². The number of carbonyl (C=O) groups is 2. The largest absolute Gasteiger partial charge is 0.489 e. The molecule has 1 N–H and O–H groups in total. The van der Waals surface area contributed by atoms with Gasteiger partial charge in [0, 0.05) is 24.8 Å². The van der Waals surface area contributed by atoms with Gasteiger partial charge >= 0.3 is 0 Å². The maximum absolute atomic E-state index is 12.3. The number of hydrogen-bond donors (Lipinski definition) is 1. The summed E-state index contributed by atoms with van der Waals surface area (Å²) in [5.41, 5.74) is 3.76. The van der Waals surface area contributed by atoms with Crippen LogP contribution >= 0.6 is 0 Å². The summed E-state index contributed by atoms with van der Waals surface area (Å²) < 4.78 is 11.3. The summed E-state index contributed by atoms with van der Waals surface area (Å²) in [6.07, 6.45) is 0.786. The van der Waals surface area contributed by atoms with Crippen LogP contribution in [0, 0.1) is 0 Å². The van der Waals surface area contributed by atoms with E-state index in [9.17, 15) is 9.59 Å². The molecule has 0 saturated carbocycles. The summed E-state index contributed by atoms with van der Waals surface area (Å²) in [6, 6.07) is 22.7. The summed E-state index contributed by atoms with van der Waals surface area (Å²) in [7, 11) is 0. The molecule has 6 heteroatoms. The molecule has 0 atom stereocenters. The predicted octanol–water partition coefficient (Wildman–Crippen LogP) is 4.19. The Morgan fingerprint density at radius 3 is 2.35 bits per heavy atom. The third-order valence-electron chi connectivity index (χ3n) is 5.08. The highest BCUT2D eigenvalue weighted by Gasteiger charge is 2.22. The molecule has 158 valence electrons. The lowest BCUT2D eigenvalue weighted by molar-refractivity contribution is -0.118. The Morgan fingerprint density at radius 1 is 0.935 bits per heavy atom. The molecule has 0 unspecified atom stereocenters. The predicted molar refractivity (Wildman–Crippen MR) is 120 cm³/mol. The molecule has 1 aliphatic rings. The number of amides is 2. The van der Waals surface area contributed by atoms with Crippen LogP contribution in [0.5, 0.6) is 11.5 Å². The van der Waals surface area contributed by atoms with Crippen LogP contribution in [-0.4, -0.2) is 25.0 Å². The molecule has 1 heterocycles. The minimum absolute atomic E-state index is 0.0282. The molecule has 2 amide bonds. The van der Waals surface area contributed by atoms with E-state index in [1.165, 1.54) is 0 Å². The minimum Gasteiger partial charge on any atom is -0.489 e. The van der Waals surface area contributed by atoms with E-state index in [1.54, 1.807) is 30.0 Å². The molecule has 0 fully saturated rings. The number of ether oxygens (including phenoxy) is 2. The van der Waals surface area contributed by atoms with Gasteiger partial charge in [-0.1, -0.05) is 30.3 Å². The van der Waals surface area contributed by atoms with E-state index in [0.29, 0.717) is 24.6 Å². The molecule has 3 aromatic carbocycles. The summed E-state index contributed by atoms with van der Waals surface area (Å²) in [4.78, 5) is 25.7. The van der Waals surface area contributed by atoms with Crippen LogP contribution in [0.4, 0.5) is 11.4 Å². The number of rotatable bonds is 7. The molecule has 0 spiro atoms.